The Morgan fingerprint density at radius 1 is 1.35 bits per heavy atom. The van der Waals surface area contributed by atoms with Crippen LogP contribution in [0.15, 0.2) is 40.9 Å². The van der Waals surface area contributed by atoms with E-state index < -0.39 is 0 Å². The number of nitrogens with one attached hydrogen (secondary N) is 1. The van der Waals surface area contributed by atoms with Gasteiger partial charge >= 0.3 is 6.03 Å². The second-order valence-corrected chi connectivity index (χ2v) is 5.81. The van der Waals surface area contributed by atoms with Crippen molar-refractivity contribution in [1.29, 1.82) is 0 Å². The number of anilines is 1. The van der Waals surface area contributed by atoms with Gasteiger partial charge in [-0.2, -0.15) is 0 Å². The number of hydrogen-bond donors (Lipinski definition) is 1. The first-order chi connectivity index (χ1) is 11.2. The van der Waals surface area contributed by atoms with Crippen LogP contribution in [0, 0.1) is 12.8 Å². The third-order valence-corrected chi connectivity index (χ3v) is 3.99. The van der Waals surface area contributed by atoms with E-state index in [1.807, 2.05) is 35.2 Å². The summed E-state index contributed by atoms with van der Waals surface area (Å²) in [4.78, 5) is 14.0. The summed E-state index contributed by atoms with van der Waals surface area (Å²) in [5.41, 5.74) is 0. The van der Waals surface area contributed by atoms with E-state index in [1.165, 1.54) is 0 Å². The van der Waals surface area contributed by atoms with Gasteiger partial charge in [-0.05, 0) is 37.8 Å². The maximum atomic E-state index is 12.2. The number of nitrogens with zero attached hydrogens (tertiary/aromatic N) is 2. The number of piperidine rings is 1. The molecular formula is C17H21N3O3. The Bertz CT molecular complexity index is 634. The van der Waals surface area contributed by atoms with Crippen molar-refractivity contribution in [1.82, 2.24) is 10.1 Å². The summed E-state index contributed by atoms with van der Waals surface area (Å²) in [6, 6.07) is 11.4. The number of hydrogen-bond acceptors (Lipinski definition) is 4. The van der Waals surface area contributed by atoms with Crippen molar-refractivity contribution in [2.75, 3.05) is 25.0 Å². The van der Waals surface area contributed by atoms with Crippen molar-refractivity contribution >= 4 is 11.8 Å². The Morgan fingerprint density at radius 3 is 2.74 bits per heavy atom. The van der Waals surface area contributed by atoms with E-state index in [-0.39, 0.29) is 6.03 Å². The second kappa shape index (κ2) is 7.17. The Hall–Kier alpha value is -2.50. The quantitative estimate of drug-likeness (QED) is 0.940. The number of rotatable bonds is 4. The molecule has 0 bridgehead atoms. The second-order valence-electron chi connectivity index (χ2n) is 5.81. The van der Waals surface area contributed by atoms with Gasteiger partial charge in [0.25, 0.3) is 0 Å². The van der Waals surface area contributed by atoms with E-state index in [9.17, 15) is 4.79 Å². The topological polar surface area (TPSA) is 67.6 Å². The predicted molar refractivity (Wildman–Crippen MR) is 86.5 cm³/mol. The molecule has 3 rings (SSSR count). The fourth-order valence-corrected chi connectivity index (χ4v) is 2.65. The van der Waals surface area contributed by atoms with Crippen LogP contribution in [0.2, 0.25) is 0 Å². The molecule has 2 aromatic rings. The highest BCUT2D eigenvalue weighted by Gasteiger charge is 2.23. The van der Waals surface area contributed by atoms with Crippen LogP contribution in [0.4, 0.5) is 10.6 Å². The van der Waals surface area contributed by atoms with Gasteiger partial charge in [-0.1, -0.05) is 23.4 Å². The van der Waals surface area contributed by atoms with Crippen LogP contribution in [0.1, 0.15) is 18.6 Å². The summed E-state index contributed by atoms with van der Waals surface area (Å²) in [6.07, 6.45) is 1.89. The standard InChI is InChI=1S/C17H21N3O3/c1-13-11-16(19-23-13)18-17(21)20-9-7-14(8-10-20)12-22-15-5-3-2-4-6-15/h2-6,11,14H,7-10,12H2,1H3,(H,18,19,21). The molecular weight excluding hydrogens is 294 g/mol. The minimum absolute atomic E-state index is 0.124. The van der Waals surface area contributed by atoms with E-state index in [1.54, 1.807) is 13.0 Å². The summed E-state index contributed by atoms with van der Waals surface area (Å²) in [6.45, 7) is 3.94. The number of carbonyl (C=O) groups excluding carboxylic acids is 1. The van der Waals surface area contributed by atoms with Crippen LogP contribution < -0.4 is 10.1 Å². The van der Waals surface area contributed by atoms with Crippen LogP contribution in [0.25, 0.3) is 0 Å². The molecule has 1 saturated heterocycles. The molecule has 6 heteroatoms. The number of likely N-dealkylation sites (tertiary alicyclic amines) is 1. The molecule has 1 aromatic heterocycles. The molecule has 0 spiro atoms. The van der Waals surface area contributed by atoms with Crippen molar-refractivity contribution in [3.63, 3.8) is 0 Å². The van der Waals surface area contributed by atoms with Gasteiger partial charge in [-0.15, -0.1) is 0 Å². The van der Waals surface area contributed by atoms with Gasteiger partial charge in [-0.3, -0.25) is 5.32 Å². The van der Waals surface area contributed by atoms with Gasteiger partial charge in [-0.25, -0.2) is 4.79 Å². The number of aromatic nitrogens is 1. The summed E-state index contributed by atoms with van der Waals surface area (Å²) < 4.78 is 10.7. The lowest BCUT2D eigenvalue weighted by Crippen LogP contribution is -2.42. The van der Waals surface area contributed by atoms with E-state index in [2.05, 4.69) is 10.5 Å². The zero-order chi connectivity index (χ0) is 16.1. The molecule has 1 fully saturated rings. The summed E-state index contributed by atoms with van der Waals surface area (Å²) in [5, 5.41) is 6.53. The molecule has 0 saturated carbocycles. The molecule has 1 aliphatic rings. The van der Waals surface area contributed by atoms with E-state index >= 15 is 0 Å². The number of benzene rings is 1. The smallest absolute Gasteiger partial charge is 0.323 e. The fourth-order valence-electron chi connectivity index (χ4n) is 2.65. The summed E-state index contributed by atoms with van der Waals surface area (Å²) in [5.74, 6) is 2.52. The molecule has 0 aliphatic carbocycles. The molecule has 0 atom stereocenters. The van der Waals surface area contributed by atoms with Crippen molar-refractivity contribution in [3.05, 3.63) is 42.2 Å². The Labute approximate surface area is 135 Å². The summed E-state index contributed by atoms with van der Waals surface area (Å²) >= 11 is 0. The molecule has 23 heavy (non-hydrogen) atoms. The van der Waals surface area contributed by atoms with Crippen LogP contribution in [-0.2, 0) is 0 Å². The van der Waals surface area contributed by atoms with Gasteiger partial charge in [0.15, 0.2) is 5.82 Å². The van der Waals surface area contributed by atoms with Gasteiger partial charge < -0.3 is 14.2 Å². The van der Waals surface area contributed by atoms with Gasteiger partial charge in [0.05, 0.1) is 6.61 Å². The third-order valence-electron chi connectivity index (χ3n) is 3.99. The SMILES string of the molecule is Cc1cc(NC(=O)N2CCC(COc3ccccc3)CC2)no1. The molecule has 2 heterocycles. The lowest BCUT2D eigenvalue weighted by molar-refractivity contribution is 0.152. The maximum absolute atomic E-state index is 12.2. The Balaban J connectivity index is 1.42. The van der Waals surface area contributed by atoms with Crippen LogP contribution in [0.5, 0.6) is 5.75 Å². The van der Waals surface area contributed by atoms with Crippen molar-refractivity contribution in [3.8, 4) is 5.75 Å². The first kappa shape index (κ1) is 15.4. The molecule has 122 valence electrons. The van der Waals surface area contributed by atoms with Gasteiger partial charge in [0.2, 0.25) is 0 Å². The first-order valence-electron chi connectivity index (χ1n) is 7.88. The number of para-hydroxylation sites is 1. The average Bonchev–Trinajstić information content (AvgIpc) is 2.99. The van der Waals surface area contributed by atoms with Crippen molar-refractivity contribution in [2.24, 2.45) is 5.92 Å². The number of urea groups is 1. The molecule has 0 unspecified atom stereocenters. The molecule has 1 aliphatic heterocycles. The van der Waals surface area contributed by atoms with E-state index in [4.69, 9.17) is 9.26 Å². The summed E-state index contributed by atoms with van der Waals surface area (Å²) in [7, 11) is 0. The van der Waals surface area contributed by atoms with Crippen molar-refractivity contribution in [2.45, 2.75) is 19.8 Å². The highest BCUT2D eigenvalue weighted by molar-refractivity contribution is 5.88. The van der Waals surface area contributed by atoms with E-state index in [0.29, 0.717) is 24.1 Å². The highest BCUT2D eigenvalue weighted by atomic mass is 16.5. The van der Waals surface area contributed by atoms with Gasteiger partial charge in [0, 0.05) is 19.2 Å². The molecule has 2 amide bonds. The zero-order valence-corrected chi connectivity index (χ0v) is 13.2. The average molecular weight is 315 g/mol. The lowest BCUT2D eigenvalue weighted by atomic mass is 9.98. The first-order valence-corrected chi connectivity index (χ1v) is 7.88. The number of amides is 2. The van der Waals surface area contributed by atoms with Gasteiger partial charge in [0.1, 0.15) is 11.5 Å². The van der Waals surface area contributed by atoms with Crippen molar-refractivity contribution < 1.29 is 14.1 Å². The molecule has 1 aromatic carbocycles. The zero-order valence-electron chi connectivity index (χ0n) is 13.2. The minimum Gasteiger partial charge on any atom is -0.493 e. The molecule has 1 N–H and O–H groups in total. The number of ether oxygens (including phenoxy) is 1. The predicted octanol–water partition coefficient (Wildman–Crippen LogP) is 3.31. The fraction of sp³-hybridized carbons (Fsp3) is 0.412. The van der Waals surface area contributed by atoms with Crippen LogP contribution in [0.3, 0.4) is 0 Å². The molecule has 6 nitrogen and oxygen atoms in total. The number of aryl methyl sites for hydroxylation is 1. The van der Waals surface area contributed by atoms with Crippen LogP contribution >= 0.6 is 0 Å². The van der Waals surface area contributed by atoms with E-state index in [0.717, 1.165) is 31.7 Å². The normalized spacial score (nSPS) is 15.4. The lowest BCUT2D eigenvalue weighted by Gasteiger charge is -2.31. The maximum Gasteiger partial charge on any atom is 0.323 e. The monoisotopic (exact) mass is 315 g/mol. The number of carbonyl (C=O) groups is 1. The minimum atomic E-state index is -0.124. The van der Waals surface area contributed by atoms with Crippen LogP contribution in [-0.4, -0.2) is 35.8 Å². The largest absolute Gasteiger partial charge is 0.493 e. The third kappa shape index (κ3) is 4.25. The molecule has 0 radical (unpaired) electrons. The Kier molecular flexibility index (Phi) is 4.80. The highest BCUT2D eigenvalue weighted by Crippen LogP contribution is 2.20. The Morgan fingerprint density at radius 2 is 2.09 bits per heavy atom.